The van der Waals surface area contributed by atoms with Crippen LogP contribution in [-0.2, 0) is 13.6 Å². The van der Waals surface area contributed by atoms with Crippen LogP contribution >= 0.6 is 0 Å². The van der Waals surface area contributed by atoms with E-state index in [2.05, 4.69) is 0 Å². The fourth-order valence-electron chi connectivity index (χ4n) is 1.63. The van der Waals surface area contributed by atoms with Crippen molar-refractivity contribution in [1.82, 2.24) is 9.13 Å². The first kappa shape index (κ1) is 12.0. The van der Waals surface area contributed by atoms with E-state index in [0.717, 1.165) is 10.1 Å². The average Bonchev–Trinajstić information content (AvgIpc) is 2.58. The molecule has 2 rings (SSSR count). The number of aromatic hydroxyl groups is 1. The number of rotatable bonds is 3. The van der Waals surface area contributed by atoms with Gasteiger partial charge in [-0.2, -0.15) is 0 Å². The van der Waals surface area contributed by atoms with Gasteiger partial charge >= 0.3 is 11.7 Å². The van der Waals surface area contributed by atoms with Crippen LogP contribution in [0, 0.1) is 0 Å². The Hall–Kier alpha value is -2.50. The maximum Gasteiger partial charge on any atom is 0.335 e. The number of imidazole rings is 1. The zero-order chi connectivity index (χ0) is 13.3. The molecule has 0 spiro atoms. The molecular weight excluding hydrogens is 236 g/mol. The second kappa shape index (κ2) is 4.40. The Labute approximate surface area is 102 Å². The quantitative estimate of drug-likeness (QED) is 0.834. The minimum absolute atomic E-state index is 0.109. The van der Waals surface area contributed by atoms with E-state index >= 15 is 0 Å². The summed E-state index contributed by atoms with van der Waals surface area (Å²) in [5.74, 6) is -1.10. The van der Waals surface area contributed by atoms with Crippen LogP contribution < -0.4 is 5.69 Å². The van der Waals surface area contributed by atoms with Crippen LogP contribution in [0.4, 0.5) is 0 Å². The first-order valence-corrected chi connectivity index (χ1v) is 5.26. The number of aromatic nitrogens is 2. The molecular formula is C12H12N2O4. The summed E-state index contributed by atoms with van der Waals surface area (Å²) in [5.41, 5.74) is 0.657. The Bertz CT molecular complexity index is 637. The van der Waals surface area contributed by atoms with E-state index in [1.54, 1.807) is 12.1 Å². The van der Waals surface area contributed by atoms with Gasteiger partial charge in [-0.25, -0.2) is 9.59 Å². The number of carboxylic acid groups (broad SMARTS) is 1. The number of hydrogen-bond acceptors (Lipinski definition) is 3. The predicted octanol–water partition coefficient (Wildman–Crippen LogP) is 0.639. The Balaban J connectivity index is 2.26. The van der Waals surface area contributed by atoms with Crippen LogP contribution in [0.5, 0.6) is 5.88 Å². The SMILES string of the molecule is Cn1c(O)cn(Cc2ccc(C(=O)O)cc2)c1=O. The van der Waals surface area contributed by atoms with E-state index in [4.69, 9.17) is 5.11 Å². The molecule has 0 saturated carbocycles. The lowest BCUT2D eigenvalue weighted by Crippen LogP contribution is -2.22. The first-order valence-electron chi connectivity index (χ1n) is 5.26. The van der Waals surface area contributed by atoms with Gasteiger partial charge in [0.15, 0.2) is 0 Å². The Morgan fingerprint density at radius 1 is 1.28 bits per heavy atom. The van der Waals surface area contributed by atoms with Crippen LogP contribution in [-0.4, -0.2) is 25.3 Å². The smallest absolute Gasteiger partial charge is 0.335 e. The minimum atomic E-state index is -0.990. The third-order valence-electron chi connectivity index (χ3n) is 2.70. The Kier molecular flexibility index (Phi) is 2.93. The maximum atomic E-state index is 11.6. The highest BCUT2D eigenvalue weighted by Crippen LogP contribution is 2.08. The highest BCUT2D eigenvalue weighted by atomic mass is 16.4. The summed E-state index contributed by atoms with van der Waals surface area (Å²) in [6.07, 6.45) is 1.34. The van der Waals surface area contributed by atoms with Gasteiger partial charge in [-0.1, -0.05) is 12.1 Å². The molecule has 0 fully saturated rings. The fraction of sp³-hybridized carbons (Fsp3) is 0.167. The van der Waals surface area contributed by atoms with Crippen molar-refractivity contribution in [2.45, 2.75) is 6.54 Å². The van der Waals surface area contributed by atoms with Gasteiger partial charge in [0.25, 0.3) is 0 Å². The largest absolute Gasteiger partial charge is 0.493 e. The zero-order valence-electron chi connectivity index (χ0n) is 9.70. The van der Waals surface area contributed by atoms with Crippen LogP contribution in [0.3, 0.4) is 0 Å². The third kappa shape index (κ3) is 2.13. The van der Waals surface area contributed by atoms with Gasteiger partial charge < -0.3 is 10.2 Å². The molecule has 0 amide bonds. The van der Waals surface area contributed by atoms with E-state index in [0.29, 0.717) is 0 Å². The van der Waals surface area contributed by atoms with Crippen molar-refractivity contribution in [2.75, 3.05) is 0 Å². The van der Waals surface area contributed by atoms with E-state index < -0.39 is 5.97 Å². The standard InChI is InChI=1S/C12H12N2O4/c1-13-10(15)7-14(12(13)18)6-8-2-4-9(5-3-8)11(16)17/h2-5,7,15H,6H2,1H3,(H,16,17). The minimum Gasteiger partial charge on any atom is -0.493 e. The predicted molar refractivity (Wildman–Crippen MR) is 63.8 cm³/mol. The molecule has 6 nitrogen and oxygen atoms in total. The molecule has 94 valence electrons. The van der Waals surface area contributed by atoms with Crippen LogP contribution in [0.25, 0.3) is 0 Å². The van der Waals surface area contributed by atoms with Crippen molar-refractivity contribution < 1.29 is 15.0 Å². The normalized spacial score (nSPS) is 10.5. The number of aromatic carboxylic acids is 1. The van der Waals surface area contributed by atoms with Crippen molar-refractivity contribution in [2.24, 2.45) is 7.05 Å². The molecule has 0 unspecified atom stereocenters. The van der Waals surface area contributed by atoms with Gasteiger partial charge in [0.1, 0.15) is 0 Å². The summed E-state index contributed by atoms with van der Waals surface area (Å²) in [5, 5.41) is 18.1. The monoisotopic (exact) mass is 248 g/mol. The summed E-state index contributed by atoms with van der Waals surface area (Å²) in [6.45, 7) is 0.285. The lowest BCUT2D eigenvalue weighted by atomic mass is 10.1. The second-order valence-corrected chi connectivity index (χ2v) is 3.96. The summed E-state index contributed by atoms with van der Waals surface area (Å²) in [7, 11) is 1.47. The summed E-state index contributed by atoms with van der Waals surface area (Å²) < 4.78 is 2.48. The molecule has 1 aromatic heterocycles. The third-order valence-corrected chi connectivity index (χ3v) is 2.70. The van der Waals surface area contributed by atoms with Crippen molar-refractivity contribution in [3.8, 4) is 5.88 Å². The highest BCUT2D eigenvalue weighted by molar-refractivity contribution is 5.87. The maximum absolute atomic E-state index is 11.6. The van der Waals surface area contributed by atoms with Crippen LogP contribution in [0.15, 0.2) is 35.3 Å². The number of benzene rings is 1. The molecule has 0 saturated heterocycles. The summed E-state index contributed by atoms with van der Waals surface area (Å²) in [4.78, 5) is 22.3. The van der Waals surface area contributed by atoms with E-state index in [-0.39, 0.29) is 23.7 Å². The zero-order valence-corrected chi connectivity index (χ0v) is 9.70. The molecule has 0 aliphatic carbocycles. The molecule has 1 aromatic carbocycles. The second-order valence-electron chi connectivity index (χ2n) is 3.96. The molecule has 0 bridgehead atoms. The molecule has 0 atom stereocenters. The fourth-order valence-corrected chi connectivity index (χ4v) is 1.63. The lowest BCUT2D eigenvalue weighted by Gasteiger charge is -2.02. The first-order chi connectivity index (χ1) is 8.49. The van der Waals surface area contributed by atoms with E-state index in [9.17, 15) is 14.7 Å². The number of carboxylic acids is 1. The lowest BCUT2D eigenvalue weighted by molar-refractivity contribution is 0.0697. The van der Waals surface area contributed by atoms with E-state index in [1.165, 1.54) is 29.9 Å². The van der Waals surface area contributed by atoms with Crippen LogP contribution in [0.2, 0.25) is 0 Å². The van der Waals surface area contributed by atoms with Gasteiger partial charge in [0, 0.05) is 7.05 Å². The Morgan fingerprint density at radius 2 is 1.89 bits per heavy atom. The molecule has 0 aliphatic rings. The number of hydrogen-bond donors (Lipinski definition) is 2. The van der Waals surface area contributed by atoms with Crippen LogP contribution in [0.1, 0.15) is 15.9 Å². The molecule has 18 heavy (non-hydrogen) atoms. The molecule has 6 heteroatoms. The molecule has 1 heterocycles. The summed E-state index contributed by atoms with van der Waals surface area (Å²) in [6, 6.07) is 6.23. The van der Waals surface area contributed by atoms with Gasteiger partial charge in [0.05, 0.1) is 18.3 Å². The van der Waals surface area contributed by atoms with Crippen molar-refractivity contribution in [3.63, 3.8) is 0 Å². The topological polar surface area (TPSA) is 84.5 Å². The number of nitrogens with zero attached hydrogens (tertiary/aromatic N) is 2. The van der Waals surface area contributed by atoms with Gasteiger partial charge in [-0.05, 0) is 17.7 Å². The summed E-state index contributed by atoms with van der Waals surface area (Å²) >= 11 is 0. The molecule has 2 N–H and O–H groups in total. The van der Waals surface area contributed by atoms with Gasteiger partial charge in [-0.15, -0.1) is 0 Å². The van der Waals surface area contributed by atoms with Crippen molar-refractivity contribution >= 4 is 5.97 Å². The Morgan fingerprint density at radius 3 is 2.33 bits per heavy atom. The molecule has 0 radical (unpaired) electrons. The van der Waals surface area contributed by atoms with Crippen molar-refractivity contribution in [3.05, 3.63) is 52.1 Å². The van der Waals surface area contributed by atoms with Gasteiger partial charge in [-0.3, -0.25) is 9.13 Å². The van der Waals surface area contributed by atoms with E-state index in [1.807, 2.05) is 0 Å². The highest BCUT2D eigenvalue weighted by Gasteiger charge is 2.07. The number of carbonyl (C=O) groups is 1. The van der Waals surface area contributed by atoms with Crippen molar-refractivity contribution in [1.29, 1.82) is 0 Å². The van der Waals surface area contributed by atoms with Gasteiger partial charge in [0.2, 0.25) is 5.88 Å². The molecule has 0 aliphatic heterocycles. The molecule has 2 aromatic rings. The average molecular weight is 248 g/mol.